The Bertz CT molecular complexity index is 1400. The molecule has 0 aliphatic carbocycles. The average molecular weight is 538 g/mol. The minimum Gasteiger partial charge on any atom is -0.466 e. The Morgan fingerprint density at radius 3 is 2.51 bits per heavy atom. The minimum absolute atomic E-state index is 0.0667. The first kappa shape index (κ1) is 28.2. The smallest absolute Gasteiger partial charge is 0.311 e. The maximum absolute atomic E-state index is 13.9. The summed E-state index contributed by atoms with van der Waals surface area (Å²) in [5, 5.41) is 7.52. The van der Waals surface area contributed by atoms with Gasteiger partial charge in [0.05, 0.1) is 24.1 Å². The Morgan fingerprint density at radius 2 is 1.79 bits per heavy atom. The van der Waals surface area contributed by atoms with Crippen molar-refractivity contribution in [3.8, 4) is 0 Å². The van der Waals surface area contributed by atoms with Crippen LogP contribution in [0.15, 0.2) is 41.2 Å². The van der Waals surface area contributed by atoms with Crippen LogP contribution in [-0.2, 0) is 27.3 Å². The number of rotatable bonds is 10. The highest BCUT2D eigenvalue weighted by atomic mass is 19.1. The molecule has 2 aromatic carbocycles. The zero-order valence-corrected chi connectivity index (χ0v) is 22.8. The number of aromatic nitrogens is 2. The van der Waals surface area contributed by atoms with Gasteiger partial charge in [-0.25, -0.2) is 9.07 Å². The second kappa shape index (κ2) is 12.8. The third-order valence-corrected chi connectivity index (χ3v) is 7.11. The van der Waals surface area contributed by atoms with Crippen molar-refractivity contribution in [1.82, 2.24) is 20.0 Å². The zero-order chi connectivity index (χ0) is 27.9. The van der Waals surface area contributed by atoms with Crippen molar-refractivity contribution in [3.63, 3.8) is 0 Å². The summed E-state index contributed by atoms with van der Waals surface area (Å²) < 4.78 is 19.9. The summed E-state index contributed by atoms with van der Waals surface area (Å²) in [7, 11) is 0. The lowest BCUT2D eigenvalue weighted by molar-refractivity contribution is -0.142. The van der Waals surface area contributed by atoms with E-state index in [1.165, 1.54) is 28.9 Å². The summed E-state index contributed by atoms with van der Waals surface area (Å²) >= 11 is 0. The lowest BCUT2D eigenvalue weighted by atomic mass is 10.1. The van der Waals surface area contributed by atoms with E-state index in [-0.39, 0.29) is 36.6 Å². The van der Waals surface area contributed by atoms with Crippen LogP contribution in [0.3, 0.4) is 0 Å². The largest absolute Gasteiger partial charge is 0.466 e. The molecule has 0 saturated carbocycles. The first-order valence-corrected chi connectivity index (χ1v) is 13.4. The SMILES string of the molecule is CCOC(=O)Cc1nn(CC(=O)NCCCN2CCN(c3ccc(C)c(C)c3)CC2)c(=O)c2cc(F)ccc12. The van der Waals surface area contributed by atoms with Crippen LogP contribution in [0.5, 0.6) is 0 Å². The number of hydrogen-bond acceptors (Lipinski definition) is 7. The molecule has 208 valence electrons. The number of ether oxygens (including phenoxy) is 1. The van der Waals surface area contributed by atoms with Crippen LogP contribution < -0.4 is 15.8 Å². The summed E-state index contributed by atoms with van der Waals surface area (Å²) in [4.78, 5) is 42.4. The Hall–Kier alpha value is -3.79. The van der Waals surface area contributed by atoms with Crippen LogP contribution in [0.2, 0.25) is 0 Å². The number of halogens is 1. The van der Waals surface area contributed by atoms with Crippen molar-refractivity contribution >= 4 is 28.3 Å². The van der Waals surface area contributed by atoms with Crippen LogP contribution in [0, 0.1) is 19.7 Å². The molecule has 0 unspecified atom stereocenters. The number of carbonyl (C=O) groups excluding carboxylic acids is 2. The van der Waals surface area contributed by atoms with Gasteiger partial charge in [-0.2, -0.15) is 5.10 Å². The van der Waals surface area contributed by atoms with Crippen LogP contribution >= 0.6 is 0 Å². The molecular formula is C29H36FN5O4. The van der Waals surface area contributed by atoms with Crippen molar-refractivity contribution in [2.45, 2.75) is 40.2 Å². The Morgan fingerprint density at radius 1 is 1.03 bits per heavy atom. The fraction of sp³-hybridized carbons (Fsp3) is 0.448. The number of nitrogens with one attached hydrogen (secondary N) is 1. The van der Waals surface area contributed by atoms with Gasteiger partial charge in [0.25, 0.3) is 5.56 Å². The molecule has 1 saturated heterocycles. The molecule has 4 rings (SSSR count). The number of hydrogen-bond donors (Lipinski definition) is 1. The monoisotopic (exact) mass is 537 g/mol. The molecule has 10 heteroatoms. The first-order chi connectivity index (χ1) is 18.7. The Kier molecular flexibility index (Phi) is 9.29. The molecule has 1 amide bonds. The van der Waals surface area contributed by atoms with E-state index in [9.17, 15) is 18.8 Å². The summed E-state index contributed by atoms with van der Waals surface area (Å²) in [6, 6.07) is 10.3. The van der Waals surface area contributed by atoms with E-state index in [2.05, 4.69) is 52.3 Å². The topological polar surface area (TPSA) is 96.8 Å². The highest BCUT2D eigenvalue weighted by Gasteiger charge is 2.18. The lowest BCUT2D eigenvalue weighted by Gasteiger charge is -2.36. The molecule has 2 heterocycles. The van der Waals surface area contributed by atoms with Gasteiger partial charge in [-0.15, -0.1) is 0 Å². The highest BCUT2D eigenvalue weighted by molar-refractivity contribution is 5.87. The van der Waals surface area contributed by atoms with Gasteiger partial charge in [0.1, 0.15) is 12.4 Å². The second-order valence-corrected chi connectivity index (χ2v) is 9.88. The van der Waals surface area contributed by atoms with Crippen molar-refractivity contribution in [1.29, 1.82) is 0 Å². The van der Waals surface area contributed by atoms with Crippen molar-refractivity contribution in [2.24, 2.45) is 0 Å². The van der Waals surface area contributed by atoms with Crippen molar-refractivity contribution in [2.75, 3.05) is 50.8 Å². The predicted octanol–water partition coefficient (Wildman–Crippen LogP) is 2.59. The molecule has 0 atom stereocenters. The Balaban J connectivity index is 1.28. The van der Waals surface area contributed by atoms with Gasteiger partial charge in [0, 0.05) is 43.8 Å². The van der Waals surface area contributed by atoms with Crippen LogP contribution in [0.4, 0.5) is 10.1 Å². The summed E-state index contributed by atoms with van der Waals surface area (Å²) in [5.41, 5.74) is 3.53. The summed E-state index contributed by atoms with van der Waals surface area (Å²) in [5.74, 6) is -1.47. The number of piperazine rings is 1. The van der Waals surface area contributed by atoms with Crippen molar-refractivity contribution < 1.29 is 18.7 Å². The van der Waals surface area contributed by atoms with Gasteiger partial charge < -0.3 is 15.0 Å². The fourth-order valence-corrected chi connectivity index (χ4v) is 4.79. The number of fused-ring (bicyclic) bond motifs is 1. The van der Waals surface area contributed by atoms with E-state index < -0.39 is 17.3 Å². The number of amides is 1. The minimum atomic E-state index is -0.589. The molecule has 9 nitrogen and oxygen atoms in total. The fourth-order valence-electron chi connectivity index (χ4n) is 4.79. The van der Waals surface area contributed by atoms with E-state index in [4.69, 9.17) is 4.74 Å². The molecule has 0 radical (unpaired) electrons. The van der Waals surface area contributed by atoms with Gasteiger partial charge >= 0.3 is 5.97 Å². The quantitative estimate of drug-likeness (QED) is 0.314. The molecule has 1 N–H and O–H groups in total. The molecule has 0 spiro atoms. The number of aryl methyl sites for hydroxylation is 2. The van der Waals surface area contributed by atoms with Crippen LogP contribution in [0.1, 0.15) is 30.2 Å². The molecule has 1 aliphatic heterocycles. The maximum atomic E-state index is 13.9. The lowest BCUT2D eigenvalue weighted by Crippen LogP contribution is -2.47. The molecule has 39 heavy (non-hydrogen) atoms. The summed E-state index contributed by atoms with van der Waals surface area (Å²) in [6.45, 7) is 11.0. The maximum Gasteiger partial charge on any atom is 0.311 e. The molecule has 1 fully saturated rings. The number of nitrogens with zero attached hydrogens (tertiary/aromatic N) is 4. The number of anilines is 1. The average Bonchev–Trinajstić information content (AvgIpc) is 2.91. The highest BCUT2D eigenvalue weighted by Crippen LogP contribution is 2.20. The molecular weight excluding hydrogens is 501 g/mol. The summed E-state index contributed by atoms with van der Waals surface area (Å²) in [6.07, 6.45) is 0.587. The molecule has 1 aliphatic rings. The standard InChI is InChI=1S/C29H36FN5O4/c1-4-39-28(37)18-26-24-9-7-22(30)17-25(24)29(38)35(32-26)19-27(36)31-10-5-11-33-12-14-34(15-13-33)23-8-6-20(2)21(3)16-23/h6-9,16-17H,4-5,10-15,18-19H2,1-3H3,(H,31,36). The normalized spacial score (nSPS) is 14.0. The van der Waals surface area contributed by atoms with E-state index in [0.29, 0.717) is 11.9 Å². The van der Waals surface area contributed by atoms with Crippen molar-refractivity contribution in [3.05, 3.63) is 69.4 Å². The first-order valence-electron chi connectivity index (χ1n) is 13.4. The molecule has 1 aromatic heterocycles. The van der Waals surface area contributed by atoms with E-state index in [0.717, 1.165) is 49.9 Å². The molecule has 3 aromatic rings. The third kappa shape index (κ3) is 7.20. The number of benzene rings is 2. The van der Waals surface area contributed by atoms with E-state index >= 15 is 0 Å². The predicted molar refractivity (Wildman–Crippen MR) is 148 cm³/mol. The van der Waals surface area contributed by atoms with Gasteiger partial charge in [-0.1, -0.05) is 6.07 Å². The van der Waals surface area contributed by atoms with E-state index in [1.54, 1.807) is 6.92 Å². The van der Waals surface area contributed by atoms with Gasteiger partial charge in [0.2, 0.25) is 5.91 Å². The second-order valence-electron chi connectivity index (χ2n) is 9.88. The van der Waals surface area contributed by atoms with Crippen LogP contribution in [-0.4, -0.2) is 72.4 Å². The van der Waals surface area contributed by atoms with Crippen LogP contribution in [0.25, 0.3) is 10.8 Å². The Labute approximate surface area is 227 Å². The number of carbonyl (C=O) groups is 2. The third-order valence-electron chi connectivity index (χ3n) is 7.11. The van der Waals surface area contributed by atoms with E-state index in [1.807, 2.05) is 0 Å². The molecule has 0 bridgehead atoms. The number of esters is 1. The van der Waals surface area contributed by atoms with Gasteiger partial charge in [0.15, 0.2) is 0 Å². The zero-order valence-electron chi connectivity index (χ0n) is 22.8. The van der Waals surface area contributed by atoms with Gasteiger partial charge in [-0.05, 0) is 75.2 Å². The van der Waals surface area contributed by atoms with Gasteiger partial charge in [-0.3, -0.25) is 19.3 Å².